The summed E-state index contributed by atoms with van der Waals surface area (Å²) in [6.45, 7) is 10.3. The first-order valence-corrected chi connectivity index (χ1v) is 17.3. The molecule has 3 amide bonds. The van der Waals surface area contributed by atoms with E-state index in [4.69, 9.17) is 6.42 Å². The van der Waals surface area contributed by atoms with Gasteiger partial charge >= 0.3 is 0 Å². The smallest absolute Gasteiger partial charge is 0.243 e. The Morgan fingerprint density at radius 2 is 1.57 bits per heavy atom. The summed E-state index contributed by atoms with van der Waals surface area (Å²) in [7, 11) is 1.64. The maximum atomic E-state index is 14.4. The van der Waals surface area contributed by atoms with Crippen molar-refractivity contribution in [2.75, 3.05) is 19.0 Å². The van der Waals surface area contributed by atoms with Gasteiger partial charge in [-0.2, -0.15) is 0 Å². The van der Waals surface area contributed by atoms with Crippen molar-refractivity contribution in [1.29, 1.82) is 0 Å². The molecule has 2 saturated carbocycles. The van der Waals surface area contributed by atoms with Gasteiger partial charge in [-0.3, -0.25) is 19.7 Å². The number of nitrogens with one attached hydrogen (secondary N) is 3. The van der Waals surface area contributed by atoms with Crippen molar-refractivity contribution in [2.24, 2.45) is 28.1 Å². The van der Waals surface area contributed by atoms with Crippen LogP contribution in [0.15, 0.2) is 41.2 Å². The molecule has 1 aromatic rings. The summed E-state index contributed by atoms with van der Waals surface area (Å²) in [5.74, 6) is 1.58. The van der Waals surface area contributed by atoms with Gasteiger partial charge in [-0.05, 0) is 129 Å². The number of imide groups is 1. The molecule has 5 N–H and O–H groups in total. The molecule has 47 heavy (non-hydrogen) atoms. The summed E-state index contributed by atoms with van der Waals surface area (Å²) < 4.78 is 0. The predicted molar refractivity (Wildman–Crippen MR) is 184 cm³/mol. The zero-order valence-electron chi connectivity index (χ0n) is 29.0. The molecule has 0 aromatic heterocycles. The molecule has 0 spiro atoms. The molecule has 7 atom stereocenters. The Bertz CT molecular complexity index is 1550. The van der Waals surface area contributed by atoms with Crippen molar-refractivity contribution < 1.29 is 24.6 Å². The van der Waals surface area contributed by atoms with Crippen LogP contribution in [-0.4, -0.2) is 47.6 Å². The number of hydrogen-bond donors (Lipinski definition) is 5. The average Bonchev–Trinajstić information content (AvgIpc) is 3.03. The van der Waals surface area contributed by atoms with E-state index in [1.54, 1.807) is 13.1 Å². The third-order valence-corrected chi connectivity index (χ3v) is 13.0. The van der Waals surface area contributed by atoms with Gasteiger partial charge in [-0.1, -0.05) is 52.2 Å². The highest BCUT2D eigenvalue weighted by Crippen LogP contribution is 2.61. The minimum absolute atomic E-state index is 0.00466. The van der Waals surface area contributed by atoms with Gasteiger partial charge in [0.1, 0.15) is 6.04 Å². The number of rotatable bonds is 7. The van der Waals surface area contributed by atoms with Crippen molar-refractivity contribution >= 4 is 23.4 Å². The van der Waals surface area contributed by atoms with Crippen LogP contribution in [0.4, 0.5) is 5.69 Å². The van der Waals surface area contributed by atoms with Crippen LogP contribution in [0.25, 0.3) is 0 Å². The number of benzene rings is 1. The Morgan fingerprint density at radius 3 is 2.17 bits per heavy atom. The topological polar surface area (TPSA) is 128 Å². The lowest BCUT2D eigenvalue weighted by atomic mass is 9.49. The number of hydrogen-bond acceptors (Lipinski definition) is 6. The number of carbonyl (C=O) groups excluding carboxylic acids is 3. The van der Waals surface area contributed by atoms with E-state index < -0.39 is 16.9 Å². The van der Waals surface area contributed by atoms with Crippen LogP contribution in [0.5, 0.6) is 0 Å². The van der Waals surface area contributed by atoms with Crippen LogP contribution in [-0.2, 0) is 26.2 Å². The van der Waals surface area contributed by atoms with Crippen LogP contribution < -0.4 is 16.0 Å². The highest BCUT2D eigenvalue weighted by atomic mass is 16.3. The third-order valence-electron chi connectivity index (χ3n) is 13.0. The molecular weight excluding hydrogens is 590 g/mol. The van der Waals surface area contributed by atoms with Gasteiger partial charge in [0.05, 0.1) is 17.4 Å². The molecule has 1 aromatic carbocycles. The Balaban J connectivity index is 1.40. The van der Waals surface area contributed by atoms with E-state index in [0.29, 0.717) is 18.5 Å². The van der Waals surface area contributed by atoms with Crippen molar-refractivity contribution in [2.45, 2.75) is 110 Å². The minimum Gasteiger partial charge on any atom is -0.501 e. The highest BCUT2D eigenvalue weighted by Gasteiger charge is 2.58. The molecule has 0 bridgehead atoms. The monoisotopic (exact) mass is 643 g/mol. The molecule has 0 aliphatic heterocycles. The SMILES string of the molecule is C#C/C(O)=C\C1=C(C)CC[C@H]2[C@@](C)(C(=O)NC(=O)[C@@]3(C)CCC[C@]4(C)c5cc(NC(=O)[C@H](CO)NC)ccc5CCC34)CCC[C@]12C. The van der Waals surface area contributed by atoms with Gasteiger partial charge in [0.2, 0.25) is 17.7 Å². The zero-order valence-corrected chi connectivity index (χ0v) is 29.0. The summed E-state index contributed by atoms with van der Waals surface area (Å²) in [6, 6.07) is 5.33. The van der Waals surface area contributed by atoms with E-state index >= 15 is 0 Å². The fourth-order valence-corrected chi connectivity index (χ4v) is 10.3. The van der Waals surface area contributed by atoms with Crippen LogP contribution in [0, 0.1) is 40.4 Å². The van der Waals surface area contributed by atoms with Crippen molar-refractivity contribution in [3.8, 4) is 12.3 Å². The summed E-state index contributed by atoms with van der Waals surface area (Å²) in [5, 5.41) is 28.6. The van der Waals surface area contributed by atoms with Gasteiger partial charge in [0.25, 0.3) is 0 Å². The van der Waals surface area contributed by atoms with E-state index in [1.165, 1.54) is 11.1 Å². The first-order chi connectivity index (χ1) is 22.2. The van der Waals surface area contributed by atoms with Crippen LogP contribution in [0.2, 0.25) is 0 Å². The van der Waals surface area contributed by atoms with Crippen LogP contribution in [0.1, 0.15) is 104 Å². The largest absolute Gasteiger partial charge is 0.501 e. The Labute approximate surface area is 280 Å². The van der Waals surface area contributed by atoms with E-state index in [-0.39, 0.29) is 52.8 Å². The second-order valence-corrected chi connectivity index (χ2v) is 15.6. The van der Waals surface area contributed by atoms with Crippen molar-refractivity contribution in [3.05, 3.63) is 52.3 Å². The number of likely N-dealkylation sites (N-methyl/N-ethyl adjacent to an activating group) is 1. The second kappa shape index (κ2) is 12.9. The standard InChI is InChI=1S/C39H53N3O5/c1-8-27(44)22-28-24(2)11-15-31-36(28,3)17-9-19-38(31,5)34(46)42-35(47)39(6)20-10-18-37(4)29-21-26(41-33(45)30(23-43)40-7)14-12-25(29)13-16-32(37)39/h1,12,14,21-22,30-32,40,43-44H,9-11,13,15-20,23H2,2-7H3,(H,41,45)(H,42,46,47)/b27-22+/t30-,31+,32?,36+,37+,38-,39-/m0/s1. The zero-order chi connectivity index (χ0) is 34.4. The predicted octanol–water partition coefficient (Wildman–Crippen LogP) is 5.86. The number of terminal acetylenes is 1. The second-order valence-electron chi connectivity index (χ2n) is 15.6. The molecular formula is C39H53N3O5. The lowest BCUT2D eigenvalue weighted by Gasteiger charge is -2.56. The van der Waals surface area contributed by atoms with Crippen molar-refractivity contribution in [1.82, 2.24) is 10.6 Å². The van der Waals surface area contributed by atoms with Crippen molar-refractivity contribution in [3.63, 3.8) is 0 Å². The van der Waals surface area contributed by atoms with E-state index in [0.717, 1.165) is 62.5 Å². The number of allylic oxidation sites excluding steroid dienone is 4. The molecule has 8 heteroatoms. The fourth-order valence-electron chi connectivity index (χ4n) is 10.3. The Kier molecular flexibility index (Phi) is 9.58. The quantitative estimate of drug-likeness (QED) is 0.144. The molecule has 4 aliphatic rings. The molecule has 5 rings (SSSR count). The third kappa shape index (κ3) is 5.84. The van der Waals surface area contributed by atoms with Crippen LogP contribution in [0.3, 0.4) is 0 Å². The van der Waals surface area contributed by atoms with Gasteiger partial charge in [-0.15, -0.1) is 6.42 Å². The molecule has 0 saturated heterocycles. The number of anilines is 1. The Hall–Kier alpha value is -3.41. The van der Waals surface area contributed by atoms with E-state index in [2.05, 4.69) is 48.7 Å². The summed E-state index contributed by atoms with van der Waals surface area (Å²) in [4.78, 5) is 41.5. The molecule has 4 aliphatic carbocycles. The lowest BCUT2D eigenvalue weighted by Crippen LogP contribution is -2.59. The summed E-state index contributed by atoms with van der Waals surface area (Å²) >= 11 is 0. The van der Waals surface area contributed by atoms with Crippen LogP contribution >= 0.6 is 0 Å². The van der Waals surface area contributed by atoms with Gasteiger partial charge < -0.3 is 20.8 Å². The highest BCUT2D eigenvalue weighted by molar-refractivity contribution is 6.01. The van der Waals surface area contributed by atoms with E-state index in [1.807, 2.05) is 26.0 Å². The fraction of sp³-hybridized carbons (Fsp3) is 0.615. The number of fused-ring (bicyclic) bond motifs is 4. The average molecular weight is 644 g/mol. The molecule has 254 valence electrons. The molecule has 2 fully saturated rings. The number of aliphatic hydroxyl groups excluding tert-OH is 2. The van der Waals surface area contributed by atoms with Gasteiger partial charge in [0, 0.05) is 5.69 Å². The summed E-state index contributed by atoms with van der Waals surface area (Å²) in [6.07, 6.45) is 15.4. The number of aliphatic hydroxyl groups is 2. The van der Waals surface area contributed by atoms with E-state index in [9.17, 15) is 24.6 Å². The maximum absolute atomic E-state index is 14.4. The first-order valence-electron chi connectivity index (χ1n) is 17.3. The number of aryl methyl sites for hydroxylation is 1. The lowest BCUT2D eigenvalue weighted by molar-refractivity contribution is -0.151. The number of carbonyl (C=O) groups is 3. The number of amides is 3. The molecule has 0 radical (unpaired) electrons. The minimum atomic E-state index is -0.741. The Morgan fingerprint density at radius 1 is 0.979 bits per heavy atom. The molecule has 8 nitrogen and oxygen atoms in total. The summed E-state index contributed by atoms with van der Waals surface area (Å²) in [5.41, 5.74) is 3.15. The molecule has 0 heterocycles. The van der Waals surface area contributed by atoms with Gasteiger partial charge in [0.15, 0.2) is 5.76 Å². The normalized spacial score (nSPS) is 34.2. The maximum Gasteiger partial charge on any atom is 0.243 e. The van der Waals surface area contributed by atoms with Gasteiger partial charge in [-0.25, -0.2) is 0 Å². The molecule has 1 unspecified atom stereocenters. The first kappa shape index (κ1) is 34.9.